The van der Waals surface area contributed by atoms with Crippen molar-refractivity contribution in [1.29, 1.82) is 0 Å². The van der Waals surface area contributed by atoms with Crippen molar-refractivity contribution < 1.29 is 13.2 Å². The van der Waals surface area contributed by atoms with Gasteiger partial charge in [-0.25, -0.2) is 8.42 Å². The third kappa shape index (κ3) is 5.91. The maximum atomic E-state index is 12.1. The predicted molar refractivity (Wildman–Crippen MR) is 76.8 cm³/mol. The van der Waals surface area contributed by atoms with Crippen LogP contribution in [0.2, 0.25) is 0 Å². The number of nitrogens with one attached hydrogen (secondary N) is 1. The molecule has 0 aromatic rings. The zero-order valence-corrected chi connectivity index (χ0v) is 12.8. The molecule has 1 atom stereocenters. The van der Waals surface area contributed by atoms with Crippen molar-refractivity contribution in [3.63, 3.8) is 0 Å². The summed E-state index contributed by atoms with van der Waals surface area (Å²) >= 11 is 0. The van der Waals surface area contributed by atoms with E-state index in [1.165, 1.54) is 6.42 Å². The summed E-state index contributed by atoms with van der Waals surface area (Å²) in [5.41, 5.74) is 0. The van der Waals surface area contributed by atoms with Gasteiger partial charge in [0.25, 0.3) is 0 Å². The summed E-state index contributed by atoms with van der Waals surface area (Å²) in [6.45, 7) is 5.68. The first kappa shape index (κ1) is 16.4. The van der Waals surface area contributed by atoms with Crippen LogP contribution in [-0.4, -0.2) is 56.4 Å². The minimum Gasteiger partial charge on any atom is -0.341 e. The van der Waals surface area contributed by atoms with E-state index in [9.17, 15) is 13.2 Å². The average Bonchev–Trinajstić information content (AvgIpc) is 2.38. The van der Waals surface area contributed by atoms with Crippen LogP contribution in [0.4, 0.5) is 0 Å². The zero-order chi connectivity index (χ0) is 14.3. The number of rotatable bonds is 7. The number of carbonyl (C=O) groups is 1. The zero-order valence-electron chi connectivity index (χ0n) is 12.0. The van der Waals surface area contributed by atoms with E-state index in [0.29, 0.717) is 13.0 Å². The Morgan fingerprint density at radius 3 is 2.42 bits per heavy atom. The van der Waals surface area contributed by atoms with Gasteiger partial charge in [-0.2, -0.15) is 0 Å². The first-order chi connectivity index (χ1) is 8.96. The second kappa shape index (κ2) is 7.85. The molecule has 1 aliphatic rings. The molecule has 19 heavy (non-hydrogen) atoms. The van der Waals surface area contributed by atoms with Crippen molar-refractivity contribution in [2.24, 2.45) is 0 Å². The van der Waals surface area contributed by atoms with Gasteiger partial charge in [-0.05, 0) is 32.6 Å². The Bertz CT molecular complexity index is 375. The standard InChI is InChI=1S/C13H26N2O3S/c1-3-10-19(17,18)11-7-14-12(2)13(16)15-8-5-4-6-9-15/h12,14H,3-11H2,1-2H3. The van der Waals surface area contributed by atoms with Crippen molar-refractivity contribution in [3.8, 4) is 0 Å². The lowest BCUT2D eigenvalue weighted by Gasteiger charge is -2.29. The minimum absolute atomic E-state index is 0.0904. The Kier molecular flexibility index (Phi) is 6.79. The van der Waals surface area contributed by atoms with Gasteiger partial charge in [0.15, 0.2) is 9.84 Å². The summed E-state index contributed by atoms with van der Waals surface area (Å²) < 4.78 is 23.1. The second-order valence-electron chi connectivity index (χ2n) is 5.21. The number of piperidine rings is 1. The van der Waals surface area contributed by atoms with E-state index in [4.69, 9.17) is 0 Å². The lowest BCUT2D eigenvalue weighted by Crippen LogP contribution is -2.47. The highest BCUT2D eigenvalue weighted by Gasteiger charge is 2.22. The minimum atomic E-state index is -2.97. The SMILES string of the molecule is CCCS(=O)(=O)CCNC(C)C(=O)N1CCCCC1. The molecule has 1 aliphatic heterocycles. The van der Waals surface area contributed by atoms with Crippen LogP contribution < -0.4 is 5.32 Å². The van der Waals surface area contributed by atoms with Crippen LogP contribution in [0.25, 0.3) is 0 Å². The second-order valence-corrected chi connectivity index (χ2v) is 7.52. The Labute approximate surface area is 116 Å². The van der Waals surface area contributed by atoms with Crippen molar-refractivity contribution >= 4 is 15.7 Å². The quantitative estimate of drug-likeness (QED) is 0.753. The van der Waals surface area contributed by atoms with Crippen LogP contribution in [0.5, 0.6) is 0 Å². The maximum Gasteiger partial charge on any atom is 0.239 e. The molecule has 0 bridgehead atoms. The molecule has 0 aromatic heterocycles. The molecule has 112 valence electrons. The van der Waals surface area contributed by atoms with E-state index in [-0.39, 0.29) is 23.5 Å². The Morgan fingerprint density at radius 1 is 1.21 bits per heavy atom. The van der Waals surface area contributed by atoms with Crippen molar-refractivity contribution in [1.82, 2.24) is 10.2 Å². The molecule has 1 fully saturated rings. The molecule has 1 heterocycles. The summed E-state index contributed by atoms with van der Waals surface area (Å²) in [4.78, 5) is 14.0. The molecule has 5 nitrogen and oxygen atoms in total. The van der Waals surface area contributed by atoms with Crippen LogP contribution in [0.15, 0.2) is 0 Å². The molecule has 1 unspecified atom stereocenters. The third-order valence-corrected chi connectivity index (χ3v) is 5.27. The molecule has 0 radical (unpaired) electrons. The monoisotopic (exact) mass is 290 g/mol. The fourth-order valence-electron chi connectivity index (χ4n) is 2.32. The van der Waals surface area contributed by atoms with Gasteiger partial charge in [0.2, 0.25) is 5.91 Å². The normalized spacial score (nSPS) is 18.3. The predicted octanol–water partition coefficient (Wildman–Crippen LogP) is 0.802. The van der Waals surface area contributed by atoms with E-state index in [1.54, 1.807) is 0 Å². The van der Waals surface area contributed by atoms with Crippen LogP contribution in [0.1, 0.15) is 39.5 Å². The smallest absolute Gasteiger partial charge is 0.239 e. The van der Waals surface area contributed by atoms with Crippen molar-refractivity contribution in [2.75, 3.05) is 31.1 Å². The van der Waals surface area contributed by atoms with E-state index in [1.807, 2.05) is 18.7 Å². The Morgan fingerprint density at radius 2 is 1.84 bits per heavy atom. The molecular formula is C13H26N2O3S. The number of hydrogen-bond acceptors (Lipinski definition) is 4. The molecule has 1 rings (SSSR count). The summed E-state index contributed by atoms with van der Waals surface area (Å²) in [5.74, 6) is 0.425. The van der Waals surface area contributed by atoms with Crippen LogP contribution >= 0.6 is 0 Å². The molecular weight excluding hydrogens is 264 g/mol. The first-order valence-corrected chi connectivity index (χ1v) is 9.01. The van der Waals surface area contributed by atoms with Gasteiger partial charge in [0.1, 0.15) is 0 Å². The van der Waals surface area contributed by atoms with Crippen LogP contribution in [0, 0.1) is 0 Å². The highest BCUT2D eigenvalue weighted by molar-refractivity contribution is 7.91. The van der Waals surface area contributed by atoms with E-state index >= 15 is 0 Å². The average molecular weight is 290 g/mol. The molecule has 1 amide bonds. The summed E-state index contributed by atoms with van der Waals surface area (Å²) in [6, 6.07) is -0.296. The molecule has 0 spiro atoms. The van der Waals surface area contributed by atoms with Gasteiger partial charge in [-0.1, -0.05) is 6.92 Å². The molecule has 0 saturated carbocycles. The van der Waals surface area contributed by atoms with Gasteiger partial charge < -0.3 is 10.2 Å². The van der Waals surface area contributed by atoms with E-state index in [2.05, 4.69) is 5.32 Å². The Hall–Kier alpha value is -0.620. The summed E-state index contributed by atoms with van der Waals surface area (Å²) in [5, 5.41) is 3.02. The third-order valence-electron chi connectivity index (χ3n) is 3.42. The van der Waals surface area contributed by atoms with Gasteiger partial charge in [0, 0.05) is 25.4 Å². The molecule has 6 heteroatoms. The molecule has 0 aromatic carbocycles. The molecule has 1 saturated heterocycles. The largest absolute Gasteiger partial charge is 0.341 e. The lowest BCUT2D eigenvalue weighted by molar-refractivity contribution is -0.133. The molecule has 0 aliphatic carbocycles. The van der Waals surface area contributed by atoms with Crippen molar-refractivity contribution in [3.05, 3.63) is 0 Å². The van der Waals surface area contributed by atoms with Crippen molar-refractivity contribution in [2.45, 2.75) is 45.6 Å². The van der Waals surface area contributed by atoms with Crippen LogP contribution in [0.3, 0.4) is 0 Å². The van der Waals surface area contributed by atoms with E-state index in [0.717, 1.165) is 25.9 Å². The number of carbonyl (C=O) groups excluding carboxylic acids is 1. The topological polar surface area (TPSA) is 66.5 Å². The number of sulfone groups is 1. The lowest BCUT2D eigenvalue weighted by atomic mass is 10.1. The highest BCUT2D eigenvalue weighted by Crippen LogP contribution is 2.09. The first-order valence-electron chi connectivity index (χ1n) is 7.19. The fourth-order valence-corrected chi connectivity index (χ4v) is 3.57. The number of likely N-dealkylation sites (tertiary alicyclic amines) is 1. The number of amides is 1. The Balaban J connectivity index is 2.30. The number of hydrogen-bond donors (Lipinski definition) is 1. The van der Waals surface area contributed by atoms with Gasteiger partial charge in [-0.3, -0.25) is 4.79 Å². The van der Waals surface area contributed by atoms with Crippen LogP contribution in [-0.2, 0) is 14.6 Å². The van der Waals surface area contributed by atoms with E-state index < -0.39 is 9.84 Å². The number of nitrogens with zero attached hydrogens (tertiary/aromatic N) is 1. The van der Waals surface area contributed by atoms with Gasteiger partial charge in [0.05, 0.1) is 11.8 Å². The molecule has 1 N–H and O–H groups in total. The van der Waals surface area contributed by atoms with Gasteiger partial charge >= 0.3 is 0 Å². The highest BCUT2D eigenvalue weighted by atomic mass is 32.2. The maximum absolute atomic E-state index is 12.1. The fraction of sp³-hybridized carbons (Fsp3) is 0.923. The summed E-state index contributed by atoms with van der Waals surface area (Å²) in [6.07, 6.45) is 3.98. The summed E-state index contributed by atoms with van der Waals surface area (Å²) in [7, 11) is -2.97. The van der Waals surface area contributed by atoms with Gasteiger partial charge in [-0.15, -0.1) is 0 Å².